The Morgan fingerprint density at radius 3 is 2.76 bits per heavy atom. The maximum absolute atomic E-state index is 12.1. The Bertz CT molecular complexity index is 639. The van der Waals surface area contributed by atoms with E-state index >= 15 is 0 Å². The van der Waals surface area contributed by atoms with Crippen molar-refractivity contribution < 1.29 is 8.42 Å². The van der Waals surface area contributed by atoms with Gasteiger partial charge in [-0.1, -0.05) is 13.0 Å². The first-order valence-corrected chi connectivity index (χ1v) is 9.02. The second-order valence-corrected chi connectivity index (χ2v) is 7.05. The van der Waals surface area contributed by atoms with Gasteiger partial charge in [-0.3, -0.25) is 0 Å². The van der Waals surface area contributed by atoms with Crippen LogP contribution in [0, 0.1) is 0 Å². The van der Waals surface area contributed by atoms with Gasteiger partial charge in [-0.2, -0.15) is 0 Å². The van der Waals surface area contributed by atoms with Crippen LogP contribution in [-0.2, 0) is 23.0 Å². The fourth-order valence-corrected chi connectivity index (χ4v) is 3.26. The predicted octanol–water partition coefficient (Wildman–Crippen LogP) is 1.17. The molecule has 0 fully saturated rings. The summed E-state index contributed by atoms with van der Waals surface area (Å²) in [5, 5.41) is 5.98. The van der Waals surface area contributed by atoms with Gasteiger partial charge in [0.2, 0.25) is 0 Å². The van der Waals surface area contributed by atoms with Crippen LogP contribution in [-0.4, -0.2) is 31.5 Å². The molecule has 0 saturated carbocycles. The highest BCUT2D eigenvalue weighted by atomic mass is 32.2. The van der Waals surface area contributed by atoms with E-state index in [9.17, 15) is 8.42 Å². The van der Waals surface area contributed by atoms with E-state index < -0.39 is 10.0 Å². The van der Waals surface area contributed by atoms with Gasteiger partial charge < -0.3 is 5.32 Å². The van der Waals surface area contributed by atoms with E-state index in [1.807, 2.05) is 12.3 Å². The van der Waals surface area contributed by atoms with Gasteiger partial charge in [0, 0.05) is 37.3 Å². The number of hydrogen-bond donors (Lipinski definition) is 2. The Hall–Kier alpha value is -1.35. The Kier molecular flexibility index (Phi) is 5.80. The summed E-state index contributed by atoms with van der Waals surface area (Å²) in [6.45, 7) is 3.87. The van der Waals surface area contributed by atoms with Crippen LogP contribution in [0.1, 0.15) is 17.5 Å². The first-order valence-electron chi connectivity index (χ1n) is 6.65. The molecule has 0 aliphatic carbocycles. The minimum atomic E-state index is -3.56. The Balaban J connectivity index is 1.92. The van der Waals surface area contributed by atoms with Crippen LogP contribution in [0.5, 0.6) is 0 Å². The summed E-state index contributed by atoms with van der Waals surface area (Å²) in [5.41, 5.74) is 0.957. The number of sulfonamides is 1. The molecule has 2 aromatic heterocycles. The van der Waals surface area contributed by atoms with Gasteiger partial charge in [0.1, 0.15) is 0 Å². The molecule has 0 saturated heterocycles. The molecule has 2 N–H and O–H groups in total. The number of rotatable bonds is 8. The number of pyridine rings is 1. The van der Waals surface area contributed by atoms with Crippen molar-refractivity contribution in [3.63, 3.8) is 0 Å². The van der Waals surface area contributed by atoms with Crippen molar-refractivity contribution in [1.82, 2.24) is 20.0 Å². The Labute approximate surface area is 128 Å². The summed E-state index contributed by atoms with van der Waals surface area (Å²) in [5.74, 6) is 0. The molecule has 0 spiro atoms. The standard InChI is InChI=1S/C13H18N4O2S2/c1-2-14-9-11-3-4-13(16-10-11)21(18,19)17-6-5-12-15-7-8-20-12/h3-4,7-8,10,14,17H,2,5-6,9H2,1H3. The highest BCUT2D eigenvalue weighted by Gasteiger charge is 2.15. The number of nitrogens with one attached hydrogen (secondary N) is 2. The van der Waals surface area contributed by atoms with E-state index in [-0.39, 0.29) is 5.03 Å². The molecule has 2 rings (SSSR count). The minimum Gasteiger partial charge on any atom is -0.313 e. The van der Waals surface area contributed by atoms with E-state index in [0.29, 0.717) is 19.5 Å². The lowest BCUT2D eigenvalue weighted by Crippen LogP contribution is -2.26. The van der Waals surface area contributed by atoms with E-state index in [0.717, 1.165) is 17.1 Å². The summed E-state index contributed by atoms with van der Waals surface area (Å²) in [4.78, 5) is 8.13. The van der Waals surface area contributed by atoms with E-state index in [2.05, 4.69) is 20.0 Å². The molecule has 2 heterocycles. The second kappa shape index (κ2) is 7.60. The molecule has 0 aromatic carbocycles. The van der Waals surface area contributed by atoms with Crippen molar-refractivity contribution in [3.05, 3.63) is 40.5 Å². The monoisotopic (exact) mass is 326 g/mol. The molecule has 0 amide bonds. The molecule has 0 aliphatic heterocycles. The van der Waals surface area contributed by atoms with Gasteiger partial charge in [0.25, 0.3) is 10.0 Å². The third-order valence-electron chi connectivity index (χ3n) is 2.77. The molecule has 0 bridgehead atoms. The number of nitrogens with zero attached hydrogens (tertiary/aromatic N) is 2. The summed E-state index contributed by atoms with van der Waals surface area (Å²) in [7, 11) is -3.56. The quantitative estimate of drug-likeness (QED) is 0.761. The first kappa shape index (κ1) is 16.0. The number of hydrogen-bond acceptors (Lipinski definition) is 6. The van der Waals surface area contributed by atoms with Gasteiger partial charge in [-0.25, -0.2) is 23.1 Å². The lowest BCUT2D eigenvalue weighted by Gasteiger charge is -2.06. The average molecular weight is 326 g/mol. The maximum atomic E-state index is 12.1. The zero-order valence-corrected chi connectivity index (χ0v) is 13.4. The van der Waals surface area contributed by atoms with Crippen LogP contribution < -0.4 is 10.0 Å². The smallest absolute Gasteiger partial charge is 0.258 e. The molecule has 8 heteroatoms. The normalized spacial score (nSPS) is 11.7. The first-order chi connectivity index (χ1) is 10.1. The molecule has 2 aromatic rings. The molecular formula is C13H18N4O2S2. The third-order valence-corrected chi connectivity index (χ3v) is 4.98. The van der Waals surface area contributed by atoms with Crippen molar-refractivity contribution in [2.24, 2.45) is 0 Å². The van der Waals surface area contributed by atoms with Gasteiger partial charge in [-0.15, -0.1) is 11.3 Å². The Morgan fingerprint density at radius 2 is 2.14 bits per heavy atom. The van der Waals surface area contributed by atoms with Crippen molar-refractivity contribution in [3.8, 4) is 0 Å². The van der Waals surface area contributed by atoms with Crippen LogP contribution >= 0.6 is 11.3 Å². The van der Waals surface area contributed by atoms with Gasteiger partial charge in [0.15, 0.2) is 5.03 Å². The van der Waals surface area contributed by atoms with Crippen molar-refractivity contribution in [2.45, 2.75) is 24.9 Å². The molecule has 114 valence electrons. The van der Waals surface area contributed by atoms with Crippen molar-refractivity contribution in [1.29, 1.82) is 0 Å². The van der Waals surface area contributed by atoms with Gasteiger partial charge in [-0.05, 0) is 18.2 Å². The number of aromatic nitrogens is 2. The third kappa shape index (κ3) is 4.85. The summed E-state index contributed by atoms with van der Waals surface area (Å²) in [6, 6.07) is 3.30. The molecule has 0 aliphatic rings. The summed E-state index contributed by atoms with van der Waals surface area (Å²) < 4.78 is 26.7. The highest BCUT2D eigenvalue weighted by Crippen LogP contribution is 2.08. The second-order valence-electron chi connectivity index (χ2n) is 4.36. The van der Waals surface area contributed by atoms with E-state index in [1.54, 1.807) is 18.5 Å². The van der Waals surface area contributed by atoms with Crippen molar-refractivity contribution >= 4 is 21.4 Å². The molecule has 0 unspecified atom stereocenters. The van der Waals surface area contributed by atoms with E-state index in [4.69, 9.17) is 0 Å². The molecule has 6 nitrogen and oxygen atoms in total. The summed E-state index contributed by atoms with van der Waals surface area (Å²) in [6.07, 6.45) is 3.87. The van der Waals surface area contributed by atoms with Crippen LogP contribution in [0.4, 0.5) is 0 Å². The lowest BCUT2D eigenvalue weighted by atomic mass is 10.3. The number of thiazole rings is 1. The lowest BCUT2D eigenvalue weighted by molar-refractivity contribution is 0.577. The van der Waals surface area contributed by atoms with Crippen LogP contribution in [0.15, 0.2) is 34.9 Å². The zero-order chi connectivity index (χ0) is 15.1. The zero-order valence-electron chi connectivity index (χ0n) is 11.7. The molecular weight excluding hydrogens is 308 g/mol. The Morgan fingerprint density at radius 1 is 1.29 bits per heavy atom. The SMILES string of the molecule is CCNCc1ccc(S(=O)(=O)NCCc2nccs2)nc1. The fraction of sp³-hybridized carbons (Fsp3) is 0.385. The summed E-state index contributed by atoms with van der Waals surface area (Å²) >= 11 is 1.51. The minimum absolute atomic E-state index is 0.0434. The maximum Gasteiger partial charge on any atom is 0.258 e. The molecule has 21 heavy (non-hydrogen) atoms. The fourth-order valence-electron chi connectivity index (χ4n) is 1.69. The van der Waals surface area contributed by atoms with Crippen LogP contribution in [0.25, 0.3) is 0 Å². The molecule has 0 atom stereocenters. The highest BCUT2D eigenvalue weighted by molar-refractivity contribution is 7.89. The van der Waals surface area contributed by atoms with Crippen LogP contribution in [0.3, 0.4) is 0 Å². The van der Waals surface area contributed by atoms with Crippen LogP contribution in [0.2, 0.25) is 0 Å². The average Bonchev–Trinajstić information content (AvgIpc) is 2.98. The predicted molar refractivity (Wildman–Crippen MR) is 82.6 cm³/mol. The van der Waals surface area contributed by atoms with E-state index in [1.165, 1.54) is 17.4 Å². The molecule has 0 radical (unpaired) electrons. The van der Waals surface area contributed by atoms with Gasteiger partial charge in [0.05, 0.1) is 5.01 Å². The van der Waals surface area contributed by atoms with Gasteiger partial charge >= 0.3 is 0 Å². The topological polar surface area (TPSA) is 84.0 Å². The van der Waals surface area contributed by atoms with Crippen molar-refractivity contribution in [2.75, 3.05) is 13.1 Å². The largest absolute Gasteiger partial charge is 0.313 e.